The number of rotatable bonds is 2. The van der Waals surface area contributed by atoms with Crippen molar-refractivity contribution in [3.63, 3.8) is 0 Å². The minimum absolute atomic E-state index is 0.444. The molecular formula is C10H18O2. The van der Waals surface area contributed by atoms with Gasteiger partial charge in [0, 0.05) is 5.57 Å². The Kier molecular flexibility index (Phi) is 3.87. The predicted molar refractivity (Wildman–Crippen MR) is 51.2 cm³/mol. The quantitative estimate of drug-likeness (QED) is 0.493. The zero-order chi connectivity index (χ0) is 9.89. The standard InChI is InChI=1S/C10H18O2/c1-6(2)7(3)8(4)9(5)10(11)12/h6,11-12H,1-5H3. The van der Waals surface area contributed by atoms with E-state index in [-0.39, 0.29) is 0 Å². The van der Waals surface area contributed by atoms with Gasteiger partial charge in [-0.2, -0.15) is 0 Å². The lowest BCUT2D eigenvalue weighted by molar-refractivity contribution is 0.186. The SMILES string of the molecule is CC(=C(O)O)C(C)=C(C)C(C)C. The first-order valence-electron chi connectivity index (χ1n) is 4.14. The van der Waals surface area contributed by atoms with Gasteiger partial charge in [-0.05, 0) is 32.3 Å². The Morgan fingerprint density at radius 3 is 1.58 bits per heavy atom. The normalized spacial score (nSPS) is 12.8. The molecule has 0 aliphatic carbocycles. The summed E-state index contributed by atoms with van der Waals surface area (Å²) in [6.07, 6.45) is 0. The molecule has 0 spiro atoms. The molecule has 0 heterocycles. The van der Waals surface area contributed by atoms with Crippen LogP contribution in [-0.4, -0.2) is 10.2 Å². The second kappa shape index (κ2) is 4.19. The lowest BCUT2D eigenvalue weighted by atomic mass is 9.96. The summed E-state index contributed by atoms with van der Waals surface area (Å²) in [7, 11) is 0. The zero-order valence-corrected chi connectivity index (χ0v) is 8.47. The molecule has 0 aliphatic heterocycles. The number of hydrogen-bond donors (Lipinski definition) is 2. The van der Waals surface area contributed by atoms with E-state index < -0.39 is 5.95 Å². The van der Waals surface area contributed by atoms with E-state index in [2.05, 4.69) is 13.8 Å². The van der Waals surface area contributed by atoms with Gasteiger partial charge in [0.1, 0.15) is 0 Å². The smallest absolute Gasteiger partial charge is 0.277 e. The van der Waals surface area contributed by atoms with Crippen molar-refractivity contribution >= 4 is 0 Å². The molecule has 2 heteroatoms. The lowest BCUT2D eigenvalue weighted by Crippen LogP contribution is -1.97. The van der Waals surface area contributed by atoms with Crippen molar-refractivity contribution < 1.29 is 10.2 Å². The molecule has 0 radical (unpaired) electrons. The van der Waals surface area contributed by atoms with Crippen LogP contribution in [0, 0.1) is 5.92 Å². The third-order valence-electron chi connectivity index (χ3n) is 2.36. The van der Waals surface area contributed by atoms with Crippen molar-refractivity contribution in [1.82, 2.24) is 0 Å². The Balaban J connectivity index is 4.93. The Labute approximate surface area is 74.2 Å². The molecule has 2 nitrogen and oxygen atoms in total. The molecule has 0 bridgehead atoms. The summed E-state index contributed by atoms with van der Waals surface area (Å²) >= 11 is 0. The summed E-state index contributed by atoms with van der Waals surface area (Å²) in [6, 6.07) is 0. The van der Waals surface area contributed by atoms with E-state index in [1.54, 1.807) is 6.92 Å². The van der Waals surface area contributed by atoms with Gasteiger partial charge < -0.3 is 10.2 Å². The van der Waals surface area contributed by atoms with Gasteiger partial charge >= 0.3 is 0 Å². The highest BCUT2D eigenvalue weighted by molar-refractivity contribution is 5.32. The van der Waals surface area contributed by atoms with Crippen LogP contribution in [0.4, 0.5) is 0 Å². The molecule has 70 valence electrons. The number of allylic oxidation sites excluding steroid dienone is 3. The molecule has 0 fully saturated rings. The minimum Gasteiger partial charge on any atom is -0.481 e. The van der Waals surface area contributed by atoms with E-state index >= 15 is 0 Å². The van der Waals surface area contributed by atoms with Crippen LogP contribution in [0.15, 0.2) is 22.7 Å². The molecule has 0 unspecified atom stereocenters. The Hall–Kier alpha value is -0.920. The van der Waals surface area contributed by atoms with Crippen LogP contribution >= 0.6 is 0 Å². The maximum atomic E-state index is 8.82. The molecule has 0 aliphatic rings. The van der Waals surface area contributed by atoms with Gasteiger partial charge in [0.15, 0.2) is 0 Å². The summed E-state index contributed by atoms with van der Waals surface area (Å²) in [6.45, 7) is 9.78. The van der Waals surface area contributed by atoms with Crippen LogP contribution in [-0.2, 0) is 0 Å². The Bertz CT molecular complexity index is 218. The van der Waals surface area contributed by atoms with Gasteiger partial charge in [0.05, 0.1) is 0 Å². The van der Waals surface area contributed by atoms with Crippen molar-refractivity contribution in [2.75, 3.05) is 0 Å². The molecule has 0 saturated heterocycles. The van der Waals surface area contributed by atoms with Crippen LogP contribution < -0.4 is 0 Å². The molecule has 0 aromatic carbocycles. The number of aliphatic hydroxyl groups is 2. The first-order valence-corrected chi connectivity index (χ1v) is 4.14. The van der Waals surface area contributed by atoms with Gasteiger partial charge in [0.25, 0.3) is 5.95 Å². The van der Waals surface area contributed by atoms with Crippen molar-refractivity contribution in [1.29, 1.82) is 0 Å². The third kappa shape index (κ3) is 2.61. The fourth-order valence-electron chi connectivity index (χ4n) is 0.896. The summed E-state index contributed by atoms with van der Waals surface area (Å²) in [5, 5.41) is 17.6. The van der Waals surface area contributed by atoms with E-state index in [9.17, 15) is 0 Å². The van der Waals surface area contributed by atoms with Crippen molar-refractivity contribution in [2.24, 2.45) is 5.92 Å². The topological polar surface area (TPSA) is 40.5 Å². The van der Waals surface area contributed by atoms with Crippen molar-refractivity contribution in [2.45, 2.75) is 34.6 Å². The van der Waals surface area contributed by atoms with E-state index in [0.29, 0.717) is 11.5 Å². The highest BCUT2D eigenvalue weighted by atomic mass is 16.5. The summed E-state index contributed by atoms with van der Waals surface area (Å²) in [5.74, 6) is -0.133. The molecule has 12 heavy (non-hydrogen) atoms. The van der Waals surface area contributed by atoms with E-state index in [0.717, 1.165) is 5.57 Å². The number of hydrogen-bond acceptors (Lipinski definition) is 2. The van der Waals surface area contributed by atoms with Gasteiger partial charge in [-0.25, -0.2) is 0 Å². The van der Waals surface area contributed by atoms with Crippen LogP contribution in [0.3, 0.4) is 0 Å². The van der Waals surface area contributed by atoms with Crippen LogP contribution in [0.2, 0.25) is 0 Å². The molecule has 2 N–H and O–H groups in total. The molecule has 0 rings (SSSR count). The molecule has 0 atom stereocenters. The molecule has 0 saturated carbocycles. The largest absolute Gasteiger partial charge is 0.481 e. The van der Waals surface area contributed by atoms with E-state index in [1.165, 1.54) is 5.57 Å². The predicted octanol–water partition coefficient (Wildman–Crippen LogP) is 3.33. The summed E-state index contributed by atoms with van der Waals surface area (Å²) < 4.78 is 0. The van der Waals surface area contributed by atoms with Crippen molar-refractivity contribution in [3.05, 3.63) is 22.7 Å². The monoisotopic (exact) mass is 170 g/mol. The fraction of sp³-hybridized carbons (Fsp3) is 0.600. The summed E-state index contributed by atoms with van der Waals surface area (Å²) in [4.78, 5) is 0. The van der Waals surface area contributed by atoms with Crippen molar-refractivity contribution in [3.8, 4) is 0 Å². The molecule has 0 aromatic heterocycles. The number of aliphatic hydroxyl groups excluding tert-OH is 1. The zero-order valence-electron chi connectivity index (χ0n) is 8.47. The summed E-state index contributed by atoms with van der Waals surface area (Å²) in [5.41, 5.74) is 2.71. The van der Waals surface area contributed by atoms with Gasteiger partial charge in [-0.3, -0.25) is 0 Å². The average molecular weight is 170 g/mol. The molecular weight excluding hydrogens is 152 g/mol. The van der Waals surface area contributed by atoms with Gasteiger partial charge in [-0.1, -0.05) is 19.4 Å². The minimum atomic E-state index is -0.576. The lowest BCUT2D eigenvalue weighted by Gasteiger charge is -2.11. The van der Waals surface area contributed by atoms with Crippen LogP contribution in [0.1, 0.15) is 34.6 Å². The third-order valence-corrected chi connectivity index (χ3v) is 2.36. The Morgan fingerprint density at radius 1 is 0.917 bits per heavy atom. The highest BCUT2D eigenvalue weighted by Gasteiger charge is 2.06. The molecule has 0 aromatic rings. The Morgan fingerprint density at radius 2 is 1.33 bits per heavy atom. The maximum absolute atomic E-state index is 8.82. The van der Waals surface area contributed by atoms with E-state index in [4.69, 9.17) is 10.2 Å². The van der Waals surface area contributed by atoms with Crippen LogP contribution in [0.5, 0.6) is 0 Å². The average Bonchev–Trinajstić information content (AvgIpc) is 2.00. The van der Waals surface area contributed by atoms with Gasteiger partial charge in [-0.15, -0.1) is 0 Å². The molecule has 0 amide bonds. The fourth-order valence-corrected chi connectivity index (χ4v) is 0.896. The van der Waals surface area contributed by atoms with Gasteiger partial charge in [0.2, 0.25) is 0 Å². The first-order chi connectivity index (χ1) is 5.37. The second-order valence-corrected chi connectivity index (χ2v) is 3.41. The second-order valence-electron chi connectivity index (χ2n) is 3.41. The van der Waals surface area contributed by atoms with Crippen LogP contribution in [0.25, 0.3) is 0 Å². The van der Waals surface area contributed by atoms with E-state index in [1.807, 2.05) is 13.8 Å². The highest BCUT2D eigenvalue weighted by Crippen LogP contribution is 2.20. The maximum Gasteiger partial charge on any atom is 0.277 e. The first kappa shape index (κ1) is 11.1.